The van der Waals surface area contributed by atoms with E-state index in [2.05, 4.69) is 11.4 Å². The Bertz CT molecular complexity index is 653. The third-order valence-corrected chi connectivity index (χ3v) is 5.10. The van der Waals surface area contributed by atoms with Crippen molar-refractivity contribution in [2.75, 3.05) is 20.2 Å². The maximum Gasteiger partial charge on any atom is 0.237 e. The van der Waals surface area contributed by atoms with Gasteiger partial charge in [0.2, 0.25) is 5.91 Å². The van der Waals surface area contributed by atoms with Crippen LogP contribution in [0.3, 0.4) is 0 Å². The molecule has 0 saturated heterocycles. The van der Waals surface area contributed by atoms with E-state index in [4.69, 9.17) is 4.74 Å². The van der Waals surface area contributed by atoms with Gasteiger partial charge < -0.3 is 15.0 Å². The Labute approximate surface area is 147 Å². The minimum Gasteiger partial charge on any atom is -0.496 e. The first-order valence-electron chi connectivity index (χ1n) is 8.39. The summed E-state index contributed by atoms with van der Waals surface area (Å²) in [6.07, 6.45) is 2.59. The molecule has 0 atom stereocenters. The summed E-state index contributed by atoms with van der Waals surface area (Å²) in [4.78, 5) is 15.8. The number of benzene rings is 1. The van der Waals surface area contributed by atoms with Gasteiger partial charge in [-0.25, -0.2) is 0 Å². The Morgan fingerprint density at radius 3 is 2.79 bits per heavy atom. The maximum absolute atomic E-state index is 12.7. The average molecular weight is 344 g/mol. The second kappa shape index (κ2) is 8.31. The highest BCUT2D eigenvalue weighted by Gasteiger charge is 2.22. The Hall–Kier alpha value is -1.85. The summed E-state index contributed by atoms with van der Waals surface area (Å²) >= 11 is 1.68. The first kappa shape index (κ1) is 17.0. The van der Waals surface area contributed by atoms with Gasteiger partial charge >= 0.3 is 0 Å². The van der Waals surface area contributed by atoms with E-state index >= 15 is 0 Å². The molecular weight excluding hydrogens is 320 g/mol. The van der Waals surface area contributed by atoms with E-state index in [1.54, 1.807) is 18.4 Å². The summed E-state index contributed by atoms with van der Waals surface area (Å²) in [5, 5.41) is 5.35. The summed E-state index contributed by atoms with van der Waals surface area (Å²) < 4.78 is 5.43. The molecule has 1 aromatic heterocycles. The number of amides is 1. The lowest BCUT2D eigenvalue weighted by atomic mass is 10.2. The standard InChI is InChI=1S/C19H24N2O2S/c1-23-18-7-3-2-5-16(18)13-21(14-17-6-4-10-24-17)19(22)12-20-11-15-8-9-15/h2-7,10,15,20H,8-9,11-14H2,1H3. The monoisotopic (exact) mass is 344 g/mol. The summed E-state index contributed by atoms with van der Waals surface area (Å²) in [6.45, 7) is 2.55. The van der Waals surface area contributed by atoms with E-state index in [-0.39, 0.29) is 5.91 Å². The van der Waals surface area contributed by atoms with E-state index in [1.165, 1.54) is 17.7 Å². The quantitative estimate of drug-likeness (QED) is 0.759. The molecule has 1 aliphatic rings. The second-order valence-corrected chi connectivity index (χ2v) is 7.25. The molecule has 1 heterocycles. The normalized spacial score (nSPS) is 13.7. The van der Waals surface area contributed by atoms with E-state index in [9.17, 15) is 4.79 Å². The number of para-hydroxylation sites is 1. The highest BCUT2D eigenvalue weighted by molar-refractivity contribution is 7.09. The third-order valence-electron chi connectivity index (χ3n) is 4.24. The number of thiophene rings is 1. The summed E-state index contributed by atoms with van der Waals surface area (Å²) in [5.41, 5.74) is 1.03. The smallest absolute Gasteiger partial charge is 0.237 e. The van der Waals surface area contributed by atoms with Gasteiger partial charge in [0.25, 0.3) is 0 Å². The number of carbonyl (C=O) groups excluding carboxylic acids is 1. The number of methoxy groups -OCH3 is 1. The van der Waals surface area contributed by atoms with Gasteiger partial charge in [-0.3, -0.25) is 4.79 Å². The number of rotatable bonds is 9. The van der Waals surface area contributed by atoms with Crippen molar-refractivity contribution >= 4 is 17.2 Å². The molecule has 3 rings (SSSR count). The molecule has 1 aromatic carbocycles. The van der Waals surface area contributed by atoms with Gasteiger partial charge in [-0.2, -0.15) is 0 Å². The van der Waals surface area contributed by atoms with E-state index in [1.807, 2.05) is 40.6 Å². The minimum atomic E-state index is 0.134. The molecule has 1 amide bonds. The average Bonchev–Trinajstić information content (AvgIpc) is 3.28. The molecule has 5 heteroatoms. The van der Waals surface area contributed by atoms with Crippen molar-refractivity contribution in [3.8, 4) is 5.75 Å². The lowest BCUT2D eigenvalue weighted by molar-refractivity contribution is -0.131. The molecule has 1 aliphatic carbocycles. The third kappa shape index (κ3) is 4.82. The van der Waals surface area contributed by atoms with Crippen LogP contribution in [0.25, 0.3) is 0 Å². The summed E-state index contributed by atoms with van der Waals surface area (Å²) in [7, 11) is 1.67. The number of hydrogen-bond acceptors (Lipinski definition) is 4. The van der Waals surface area contributed by atoms with Crippen LogP contribution in [0, 0.1) is 5.92 Å². The van der Waals surface area contributed by atoms with Crippen LogP contribution in [0.5, 0.6) is 5.75 Å². The zero-order valence-electron chi connectivity index (χ0n) is 14.0. The van der Waals surface area contributed by atoms with Gasteiger partial charge in [-0.05, 0) is 42.8 Å². The molecule has 0 unspecified atom stereocenters. The first-order valence-corrected chi connectivity index (χ1v) is 9.27. The molecular formula is C19H24N2O2S. The molecule has 1 saturated carbocycles. The predicted octanol–water partition coefficient (Wildman–Crippen LogP) is 3.29. The number of nitrogens with zero attached hydrogens (tertiary/aromatic N) is 1. The zero-order chi connectivity index (χ0) is 16.8. The number of carbonyl (C=O) groups is 1. The van der Waals surface area contributed by atoms with Crippen LogP contribution in [-0.2, 0) is 17.9 Å². The van der Waals surface area contributed by atoms with E-state index in [0.29, 0.717) is 19.6 Å². The van der Waals surface area contributed by atoms with Gasteiger partial charge in [-0.1, -0.05) is 24.3 Å². The number of hydrogen-bond donors (Lipinski definition) is 1. The van der Waals surface area contributed by atoms with E-state index < -0.39 is 0 Å². The molecule has 1 N–H and O–H groups in total. The lowest BCUT2D eigenvalue weighted by Crippen LogP contribution is -2.38. The largest absolute Gasteiger partial charge is 0.496 e. The van der Waals surface area contributed by atoms with Crippen LogP contribution in [-0.4, -0.2) is 31.0 Å². The van der Waals surface area contributed by atoms with Crippen LogP contribution in [0.1, 0.15) is 23.3 Å². The highest BCUT2D eigenvalue weighted by atomic mass is 32.1. The first-order chi connectivity index (χ1) is 11.8. The minimum absolute atomic E-state index is 0.134. The van der Waals surface area contributed by atoms with Crippen LogP contribution < -0.4 is 10.1 Å². The van der Waals surface area contributed by atoms with Gasteiger partial charge in [0.05, 0.1) is 20.2 Å². The van der Waals surface area contributed by atoms with E-state index in [0.717, 1.165) is 23.8 Å². The van der Waals surface area contributed by atoms with Crippen molar-refractivity contribution in [1.82, 2.24) is 10.2 Å². The van der Waals surface area contributed by atoms with Gasteiger partial charge in [0, 0.05) is 17.0 Å². The fraction of sp³-hybridized carbons (Fsp3) is 0.421. The molecule has 0 radical (unpaired) electrons. The number of nitrogens with one attached hydrogen (secondary N) is 1. The number of ether oxygens (including phenoxy) is 1. The molecule has 24 heavy (non-hydrogen) atoms. The molecule has 1 fully saturated rings. The molecule has 128 valence electrons. The maximum atomic E-state index is 12.7. The Morgan fingerprint density at radius 1 is 1.25 bits per heavy atom. The van der Waals surface area contributed by atoms with Crippen LogP contribution in [0.15, 0.2) is 41.8 Å². The van der Waals surface area contributed by atoms with Gasteiger partial charge in [0.15, 0.2) is 0 Å². The molecule has 0 aliphatic heterocycles. The molecule has 4 nitrogen and oxygen atoms in total. The highest BCUT2D eigenvalue weighted by Crippen LogP contribution is 2.27. The summed E-state index contributed by atoms with van der Waals surface area (Å²) in [5.74, 6) is 1.74. The van der Waals surface area contributed by atoms with Crippen molar-refractivity contribution in [1.29, 1.82) is 0 Å². The van der Waals surface area contributed by atoms with Crippen molar-refractivity contribution in [2.45, 2.75) is 25.9 Å². The topological polar surface area (TPSA) is 41.6 Å². The van der Waals surface area contributed by atoms with Crippen LogP contribution in [0.4, 0.5) is 0 Å². The van der Waals surface area contributed by atoms with Gasteiger partial charge in [0.1, 0.15) is 5.75 Å². The fourth-order valence-electron chi connectivity index (χ4n) is 2.68. The van der Waals surface area contributed by atoms with Crippen LogP contribution >= 0.6 is 11.3 Å². The summed E-state index contributed by atoms with van der Waals surface area (Å²) in [6, 6.07) is 12.0. The predicted molar refractivity (Wildman–Crippen MR) is 97.2 cm³/mol. The SMILES string of the molecule is COc1ccccc1CN(Cc1cccs1)C(=O)CNCC1CC1. The van der Waals surface area contributed by atoms with Crippen molar-refractivity contribution in [2.24, 2.45) is 5.92 Å². The van der Waals surface area contributed by atoms with Crippen LogP contribution in [0.2, 0.25) is 0 Å². The second-order valence-electron chi connectivity index (χ2n) is 6.22. The molecule has 0 spiro atoms. The lowest BCUT2D eigenvalue weighted by Gasteiger charge is -2.23. The molecule has 0 bridgehead atoms. The fourth-order valence-corrected chi connectivity index (χ4v) is 3.40. The molecule has 2 aromatic rings. The zero-order valence-corrected chi connectivity index (χ0v) is 14.8. The van der Waals surface area contributed by atoms with Crippen molar-refractivity contribution in [3.63, 3.8) is 0 Å². The van der Waals surface area contributed by atoms with Gasteiger partial charge in [-0.15, -0.1) is 11.3 Å². The van der Waals surface area contributed by atoms with Crippen molar-refractivity contribution < 1.29 is 9.53 Å². The Balaban J connectivity index is 1.66. The Kier molecular flexibility index (Phi) is 5.88. The Morgan fingerprint density at radius 2 is 2.08 bits per heavy atom. The van der Waals surface area contributed by atoms with Crippen molar-refractivity contribution in [3.05, 3.63) is 52.2 Å².